The molecule has 4 rings (SSSR count). The van der Waals surface area contributed by atoms with Gasteiger partial charge in [0.05, 0.1) is 12.6 Å². The normalized spacial score (nSPS) is 17.3. The highest BCUT2D eigenvalue weighted by molar-refractivity contribution is 5.94. The van der Waals surface area contributed by atoms with Crippen molar-refractivity contribution in [2.45, 2.75) is 58.3 Å². The maximum Gasteiger partial charge on any atom is 0.133 e. The van der Waals surface area contributed by atoms with E-state index >= 15 is 0 Å². The van der Waals surface area contributed by atoms with E-state index in [1.54, 1.807) is 14.0 Å². The molecule has 1 atom stereocenters. The summed E-state index contributed by atoms with van der Waals surface area (Å²) < 4.78 is 22.0. The molecule has 1 unspecified atom stereocenters. The molecule has 4 heteroatoms. The van der Waals surface area contributed by atoms with Gasteiger partial charge < -0.3 is 9.30 Å². The number of benzene rings is 2. The molecular formula is C25H28FNO2. The first-order valence-electron chi connectivity index (χ1n) is 10.4. The molecule has 1 aliphatic carbocycles. The Labute approximate surface area is 171 Å². The van der Waals surface area contributed by atoms with Gasteiger partial charge in [-0.15, -0.1) is 0 Å². The lowest BCUT2D eigenvalue weighted by molar-refractivity contribution is -0.120. The van der Waals surface area contributed by atoms with Crippen LogP contribution in [0.1, 0.15) is 68.2 Å². The molecular weight excluding hydrogens is 365 g/mol. The van der Waals surface area contributed by atoms with Gasteiger partial charge in [-0.3, -0.25) is 4.79 Å². The average molecular weight is 394 g/mol. The Morgan fingerprint density at radius 3 is 2.66 bits per heavy atom. The first kappa shape index (κ1) is 19.7. The molecule has 0 spiro atoms. The number of carbonyl (C=O) groups excluding carboxylic acids is 1. The molecule has 2 aromatic carbocycles. The summed E-state index contributed by atoms with van der Waals surface area (Å²) in [6, 6.07) is 11.3. The molecule has 0 amide bonds. The standard InChI is InChI=1S/C25H28FNO2/c1-15(2)25-23(17-7-5-8-19(28)14-17)24-21(9-6-10-22(24)29-4)27(25)18-11-12-20(26)16(3)13-18/h6,9-13,15,17H,5,7-8,14H2,1-4H3. The molecule has 1 aromatic heterocycles. The van der Waals surface area contributed by atoms with E-state index in [1.165, 1.54) is 17.3 Å². The lowest BCUT2D eigenvalue weighted by Crippen LogP contribution is -2.15. The molecule has 1 aliphatic rings. The number of rotatable bonds is 4. The van der Waals surface area contributed by atoms with Crippen LogP contribution in [-0.4, -0.2) is 17.5 Å². The van der Waals surface area contributed by atoms with Crippen molar-refractivity contribution in [2.75, 3.05) is 7.11 Å². The molecule has 1 fully saturated rings. The molecule has 3 nitrogen and oxygen atoms in total. The summed E-state index contributed by atoms with van der Waals surface area (Å²) in [6.07, 6.45) is 3.20. The zero-order valence-corrected chi connectivity index (χ0v) is 17.6. The molecule has 1 heterocycles. The third-order valence-corrected chi connectivity index (χ3v) is 6.09. The van der Waals surface area contributed by atoms with Gasteiger partial charge in [-0.25, -0.2) is 4.39 Å². The van der Waals surface area contributed by atoms with Crippen LogP contribution < -0.4 is 4.74 Å². The van der Waals surface area contributed by atoms with Gasteiger partial charge >= 0.3 is 0 Å². The number of methoxy groups -OCH3 is 1. The highest BCUT2D eigenvalue weighted by Gasteiger charge is 2.31. The number of fused-ring (bicyclic) bond motifs is 1. The minimum atomic E-state index is -0.202. The monoisotopic (exact) mass is 393 g/mol. The number of hydrogen-bond acceptors (Lipinski definition) is 2. The van der Waals surface area contributed by atoms with Crippen molar-refractivity contribution in [2.24, 2.45) is 0 Å². The fraction of sp³-hybridized carbons (Fsp3) is 0.400. The van der Waals surface area contributed by atoms with Crippen LogP contribution in [0.15, 0.2) is 36.4 Å². The van der Waals surface area contributed by atoms with Crippen LogP contribution in [-0.2, 0) is 4.79 Å². The molecule has 0 N–H and O–H groups in total. The second kappa shape index (κ2) is 7.66. The lowest BCUT2D eigenvalue weighted by Gasteiger charge is -2.24. The fourth-order valence-electron chi connectivity index (χ4n) is 4.82. The van der Waals surface area contributed by atoms with Crippen molar-refractivity contribution in [3.05, 3.63) is 59.0 Å². The van der Waals surface area contributed by atoms with Gasteiger partial charge in [0.2, 0.25) is 0 Å². The summed E-state index contributed by atoms with van der Waals surface area (Å²) in [6.45, 7) is 6.16. The van der Waals surface area contributed by atoms with Crippen molar-refractivity contribution in [3.63, 3.8) is 0 Å². The number of aryl methyl sites for hydroxylation is 1. The third kappa shape index (κ3) is 3.35. The molecule has 29 heavy (non-hydrogen) atoms. The van der Waals surface area contributed by atoms with Crippen molar-refractivity contribution < 1.29 is 13.9 Å². The zero-order valence-electron chi connectivity index (χ0n) is 17.6. The summed E-state index contributed by atoms with van der Waals surface area (Å²) in [4.78, 5) is 12.3. The van der Waals surface area contributed by atoms with Crippen LogP contribution >= 0.6 is 0 Å². The van der Waals surface area contributed by atoms with E-state index < -0.39 is 0 Å². The molecule has 0 aliphatic heterocycles. The van der Waals surface area contributed by atoms with Crippen molar-refractivity contribution >= 4 is 16.7 Å². The SMILES string of the molecule is COc1cccc2c1c(C1CCCC(=O)C1)c(C(C)C)n2-c1ccc(F)c(C)c1. The second-order valence-corrected chi connectivity index (χ2v) is 8.41. The Hall–Kier alpha value is -2.62. The minimum absolute atomic E-state index is 0.190. The maximum atomic E-state index is 14.0. The summed E-state index contributed by atoms with van der Waals surface area (Å²) >= 11 is 0. The summed E-state index contributed by atoms with van der Waals surface area (Å²) in [5.41, 5.74) is 5.03. The van der Waals surface area contributed by atoms with Gasteiger partial charge in [0.25, 0.3) is 0 Å². The number of aromatic nitrogens is 1. The van der Waals surface area contributed by atoms with Crippen LogP contribution in [0.3, 0.4) is 0 Å². The summed E-state index contributed by atoms with van der Waals surface area (Å²) in [7, 11) is 1.69. The highest BCUT2D eigenvalue weighted by atomic mass is 19.1. The lowest BCUT2D eigenvalue weighted by atomic mass is 9.80. The Morgan fingerprint density at radius 2 is 2.00 bits per heavy atom. The number of halogens is 1. The van der Waals surface area contributed by atoms with Crippen LogP contribution in [0.2, 0.25) is 0 Å². The summed E-state index contributed by atoms with van der Waals surface area (Å²) in [5.74, 6) is 1.39. The smallest absolute Gasteiger partial charge is 0.133 e. The predicted molar refractivity (Wildman–Crippen MR) is 115 cm³/mol. The van der Waals surface area contributed by atoms with Gasteiger partial charge in [-0.2, -0.15) is 0 Å². The number of ether oxygens (including phenoxy) is 1. The molecule has 0 saturated heterocycles. The van der Waals surface area contributed by atoms with Gasteiger partial charge in [0.15, 0.2) is 0 Å². The number of ketones is 1. The third-order valence-electron chi connectivity index (χ3n) is 6.09. The van der Waals surface area contributed by atoms with E-state index in [9.17, 15) is 9.18 Å². The first-order valence-corrected chi connectivity index (χ1v) is 10.4. The highest BCUT2D eigenvalue weighted by Crippen LogP contribution is 2.46. The molecule has 3 aromatic rings. The van der Waals surface area contributed by atoms with Gasteiger partial charge in [0, 0.05) is 29.6 Å². The van der Waals surface area contributed by atoms with E-state index in [4.69, 9.17) is 4.74 Å². The predicted octanol–water partition coefficient (Wildman–Crippen LogP) is 6.44. The number of carbonyl (C=O) groups is 1. The molecule has 1 saturated carbocycles. The van der Waals surface area contributed by atoms with Gasteiger partial charge in [-0.1, -0.05) is 19.9 Å². The molecule has 152 valence electrons. The van der Waals surface area contributed by atoms with Crippen molar-refractivity contribution in [1.82, 2.24) is 4.57 Å². The van der Waals surface area contributed by atoms with E-state index in [-0.39, 0.29) is 17.7 Å². The largest absolute Gasteiger partial charge is 0.496 e. The number of hydrogen-bond donors (Lipinski definition) is 0. The van der Waals surface area contributed by atoms with Crippen LogP contribution in [0.4, 0.5) is 4.39 Å². The Balaban J connectivity index is 2.09. The van der Waals surface area contributed by atoms with Crippen LogP contribution in [0.5, 0.6) is 5.75 Å². The first-order chi connectivity index (χ1) is 13.9. The number of Topliss-reactive ketones (excluding diaryl/α,β-unsaturated/α-hetero) is 1. The topological polar surface area (TPSA) is 31.2 Å². The van der Waals surface area contributed by atoms with E-state index in [2.05, 4.69) is 24.5 Å². The zero-order chi connectivity index (χ0) is 20.7. The van der Waals surface area contributed by atoms with Gasteiger partial charge in [-0.05, 0) is 73.1 Å². The molecule has 0 bridgehead atoms. The van der Waals surface area contributed by atoms with E-state index in [0.717, 1.165) is 35.2 Å². The molecule has 0 radical (unpaired) electrons. The quantitative estimate of drug-likeness (QED) is 0.511. The van der Waals surface area contributed by atoms with E-state index in [0.29, 0.717) is 24.2 Å². The number of nitrogens with zero attached hydrogens (tertiary/aromatic N) is 1. The Kier molecular flexibility index (Phi) is 5.20. The van der Waals surface area contributed by atoms with E-state index in [1.807, 2.05) is 24.3 Å². The average Bonchev–Trinajstić information content (AvgIpc) is 3.05. The van der Waals surface area contributed by atoms with Crippen molar-refractivity contribution in [1.29, 1.82) is 0 Å². The van der Waals surface area contributed by atoms with Gasteiger partial charge in [0.1, 0.15) is 17.3 Å². The summed E-state index contributed by atoms with van der Waals surface area (Å²) in [5, 5.41) is 1.08. The minimum Gasteiger partial charge on any atom is -0.496 e. The van der Waals surface area contributed by atoms with Crippen molar-refractivity contribution in [3.8, 4) is 11.4 Å². The fourth-order valence-corrected chi connectivity index (χ4v) is 4.82. The van der Waals surface area contributed by atoms with Crippen LogP contribution in [0.25, 0.3) is 16.6 Å². The maximum absolute atomic E-state index is 14.0. The Bertz CT molecular complexity index is 1080. The second-order valence-electron chi connectivity index (χ2n) is 8.41. The Morgan fingerprint density at radius 1 is 1.21 bits per heavy atom. The van der Waals surface area contributed by atoms with Crippen LogP contribution in [0, 0.1) is 12.7 Å².